The fourth-order valence-electron chi connectivity index (χ4n) is 1.76. The zero-order valence-corrected chi connectivity index (χ0v) is 10.9. The molecular formula is C18H13F. The van der Waals surface area contributed by atoms with Gasteiger partial charge in [0.25, 0.3) is 0 Å². The van der Waals surface area contributed by atoms with Gasteiger partial charge >= 0.3 is 0 Å². The van der Waals surface area contributed by atoms with Gasteiger partial charge in [0.1, 0.15) is 5.82 Å². The molecule has 0 amide bonds. The lowest BCUT2D eigenvalue weighted by molar-refractivity contribution is 0.623. The van der Waals surface area contributed by atoms with Crippen molar-refractivity contribution < 1.29 is 4.39 Å². The summed E-state index contributed by atoms with van der Waals surface area (Å²) >= 11 is 0. The number of hydrogen-bond donors (Lipinski definition) is 0. The first-order valence-corrected chi connectivity index (χ1v) is 5.95. The van der Waals surface area contributed by atoms with Crippen molar-refractivity contribution >= 4 is 0 Å². The minimum atomic E-state index is -0.288. The predicted octanol–water partition coefficient (Wildman–Crippen LogP) is 3.82. The van der Waals surface area contributed by atoms with Gasteiger partial charge in [-0.05, 0) is 55.3 Å². The normalized spacial score (nSPS) is 9.37. The lowest BCUT2D eigenvalue weighted by atomic mass is 10.1. The van der Waals surface area contributed by atoms with Crippen LogP contribution in [-0.4, -0.2) is 0 Å². The van der Waals surface area contributed by atoms with E-state index in [0.717, 1.165) is 22.3 Å². The molecule has 2 aromatic carbocycles. The second-order valence-corrected chi connectivity index (χ2v) is 4.41. The van der Waals surface area contributed by atoms with Crippen molar-refractivity contribution in [2.24, 2.45) is 0 Å². The lowest BCUT2D eigenvalue weighted by Crippen LogP contribution is -1.86. The van der Waals surface area contributed by atoms with E-state index in [1.165, 1.54) is 6.07 Å². The zero-order chi connectivity index (χ0) is 13.8. The molecule has 0 bridgehead atoms. The van der Waals surface area contributed by atoms with Gasteiger partial charge in [-0.2, -0.15) is 0 Å². The highest BCUT2D eigenvalue weighted by molar-refractivity contribution is 5.49. The number of halogens is 1. The van der Waals surface area contributed by atoms with Gasteiger partial charge in [0.05, 0.1) is 5.56 Å². The number of hydrogen-bond acceptors (Lipinski definition) is 0. The van der Waals surface area contributed by atoms with Crippen molar-refractivity contribution in [3.05, 3.63) is 70.0 Å². The van der Waals surface area contributed by atoms with Crippen LogP contribution in [0.15, 0.2) is 36.4 Å². The molecule has 2 aromatic rings. The van der Waals surface area contributed by atoms with Gasteiger partial charge in [0.15, 0.2) is 0 Å². The quantitative estimate of drug-likeness (QED) is 0.622. The number of rotatable bonds is 0. The number of benzene rings is 2. The highest BCUT2D eigenvalue weighted by atomic mass is 19.1. The maximum atomic E-state index is 13.6. The van der Waals surface area contributed by atoms with Gasteiger partial charge in [-0.25, -0.2) is 4.39 Å². The second-order valence-electron chi connectivity index (χ2n) is 4.41. The molecule has 0 heterocycles. The Morgan fingerprint density at radius 1 is 0.947 bits per heavy atom. The van der Waals surface area contributed by atoms with Crippen LogP contribution in [0.4, 0.5) is 4.39 Å². The van der Waals surface area contributed by atoms with Crippen LogP contribution in [0.5, 0.6) is 0 Å². The van der Waals surface area contributed by atoms with Crippen LogP contribution in [0.2, 0.25) is 0 Å². The van der Waals surface area contributed by atoms with E-state index in [-0.39, 0.29) is 5.82 Å². The molecule has 2 rings (SSSR count). The first-order chi connectivity index (χ1) is 9.10. The van der Waals surface area contributed by atoms with Crippen molar-refractivity contribution in [1.82, 2.24) is 0 Å². The molecule has 92 valence electrons. The van der Waals surface area contributed by atoms with Gasteiger partial charge < -0.3 is 0 Å². The first-order valence-electron chi connectivity index (χ1n) is 5.95. The van der Waals surface area contributed by atoms with Gasteiger partial charge in [0, 0.05) is 11.1 Å². The average Bonchev–Trinajstić information content (AvgIpc) is 2.38. The van der Waals surface area contributed by atoms with E-state index >= 15 is 0 Å². The van der Waals surface area contributed by atoms with Crippen LogP contribution in [0.3, 0.4) is 0 Å². The van der Waals surface area contributed by atoms with Gasteiger partial charge in [0.2, 0.25) is 0 Å². The van der Waals surface area contributed by atoms with E-state index in [2.05, 4.69) is 17.8 Å². The van der Waals surface area contributed by atoms with Crippen LogP contribution >= 0.6 is 0 Å². The monoisotopic (exact) mass is 248 g/mol. The molecule has 0 unspecified atom stereocenters. The summed E-state index contributed by atoms with van der Waals surface area (Å²) in [5.41, 5.74) is 3.98. The highest BCUT2D eigenvalue weighted by Crippen LogP contribution is 2.11. The Morgan fingerprint density at radius 3 is 2.32 bits per heavy atom. The fraction of sp³-hybridized carbons (Fsp3) is 0.111. The van der Waals surface area contributed by atoms with Crippen LogP contribution in [0.1, 0.15) is 27.8 Å². The van der Waals surface area contributed by atoms with E-state index in [1.54, 1.807) is 6.07 Å². The Morgan fingerprint density at radius 2 is 1.68 bits per heavy atom. The van der Waals surface area contributed by atoms with Crippen molar-refractivity contribution in [2.45, 2.75) is 13.8 Å². The summed E-state index contributed by atoms with van der Waals surface area (Å²) in [5.74, 6) is 8.12. The summed E-state index contributed by atoms with van der Waals surface area (Å²) in [6.07, 6.45) is 5.36. The summed E-state index contributed by atoms with van der Waals surface area (Å²) in [7, 11) is 0. The van der Waals surface area contributed by atoms with Crippen LogP contribution in [-0.2, 0) is 0 Å². The van der Waals surface area contributed by atoms with Crippen molar-refractivity contribution in [2.75, 3.05) is 0 Å². The molecule has 0 N–H and O–H groups in total. The van der Waals surface area contributed by atoms with E-state index in [1.807, 2.05) is 38.1 Å². The molecule has 0 radical (unpaired) electrons. The van der Waals surface area contributed by atoms with Crippen molar-refractivity contribution in [3.8, 4) is 24.2 Å². The molecule has 19 heavy (non-hydrogen) atoms. The number of terminal acetylenes is 1. The van der Waals surface area contributed by atoms with Gasteiger partial charge in [-0.3, -0.25) is 0 Å². The minimum Gasteiger partial charge on any atom is -0.206 e. The van der Waals surface area contributed by atoms with Crippen molar-refractivity contribution in [3.63, 3.8) is 0 Å². The second kappa shape index (κ2) is 5.42. The summed E-state index contributed by atoms with van der Waals surface area (Å²) in [6, 6.07) is 10.6. The molecule has 0 aromatic heterocycles. The smallest absolute Gasteiger partial charge is 0.139 e. The SMILES string of the molecule is C#Cc1ccc(C#Cc2ccc(C)cc2F)cc1C. The Kier molecular flexibility index (Phi) is 3.69. The lowest BCUT2D eigenvalue weighted by Gasteiger charge is -1.99. The van der Waals surface area contributed by atoms with Crippen LogP contribution in [0.25, 0.3) is 0 Å². The Bertz CT molecular complexity index is 722. The zero-order valence-electron chi connectivity index (χ0n) is 10.9. The van der Waals surface area contributed by atoms with E-state index < -0.39 is 0 Å². The maximum Gasteiger partial charge on any atom is 0.139 e. The molecule has 0 aliphatic rings. The molecule has 0 aliphatic carbocycles. The summed E-state index contributed by atoms with van der Waals surface area (Å²) in [5, 5.41) is 0. The molecular weight excluding hydrogens is 235 g/mol. The van der Waals surface area contributed by atoms with Crippen molar-refractivity contribution in [1.29, 1.82) is 0 Å². The third kappa shape index (κ3) is 3.03. The summed E-state index contributed by atoms with van der Waals surface area (Å²) in [4.78, 5) is 0. The molecule has 0 fully saturated rings. The Balaban J connectivity index is 2.34. The number of aryl methyl sites for hydroxylation is 2. The summed E-state index contributed by atoms with van der Waals surface area (Å²) < 4.78 is 13.6. The topological polar surface area (TPSA) is 0 Å². The average molecular weight is 248 g/mol. The first kappa shape index (κ1) is 12.9. The molecule has 1 heteroatoms. The molecule has 0 saturated heterocycles. The Labute approximate surface area is 113 Å². The molecule has 0 aliphatic heterocycles. The molecule has 0 saturated carbocycles. The molecule has 0 spiro atoms. The standard InChI is InChI=1S/C18H13F/c1-4-16-9-6-15(12-14(16)3)7-10-17-8-5-13(2)11-18(17)19/h1,5-6,8-9,11-12H,2-3H3. The van der Waals surface area contributed by atoms with Gasteiger partial charge in [-0.1, -0.05) is 23.8 Å². The molecule has 0 nitrogen and oxygen atoms in total. The van der Waals surface area contributed by atoms with Gasteiger partial charge in [-0.15, -0.1) is 6.42 Å². The minimum absolute atomic E-state index is 0.288. The maximum absolute atomic E-state index is 13.6. The Hall–Kier alpha value is -2.51. The van der Waals surface area contributed by atoms with Crippen LogP contribution in [0, 0.1) is 43.8 Å². The van der Waals surface area contributed by atoms with E-state index in [9.17, 15) is 4.39 Å². The fourth-order valence-corrected chi connectivity index (χ4v) is 1.76. The largest absolute Gasteiger partial charge is 0.206 e. The summed E-state index contributed by atoms with van der Waals surface area (Å²) in [6.45, 7) is 3.79. The predicted molar refractivity (Wildman–Crippen MR) is 76.2 cm³/mol. The van der Waals surface area contributed by atoms with E-state index in [0.29, 0.717) is 5.56 Å². The third-order valence-electron chi connectivity index (χ3n) is 2.85. The highest BCUT2D eigenvalue weighted by Gasteiger charge is 1.99. The van der Waals surface area contributed by atoms with E-state index in [4.69, 9.17) is 6.42 Å². The third-order valence-corrected chi connectivity index (χ3v) is 2.85. The van der Waals surface area contributed by atoms with Crippen LogP contribution < -0.4 is 0 Å². The molecule has 0 atom stereocenters.